The first-order chi connectivity index (χ1) is 71.7. The molecule has 4 nitrogen and oxygen atoms in total. The Kier molecular flexibility index (Phi) is 15.6. The molecule has 2 aromatic heterocycles. The van der Waals surface area contributed by atoms with Crippen LogP contribution in [0.25, 0.3) is 187 Å². The zero-order valence-electron chi connectivity index (χ0n) is 90.4. The summed E-state index contributed by atoms with van der Waals surface area (Å²) in [6, 6.07) is 116. The number of nitrogens with zero attached hydrogens (tertiary/aromatic N) is 4. The van der Waals surface area contributed by atoms with E-state index < -0.39 is 71.3 Å². The van der Waals surface area contributed by atoms with Crippen LogP contribution in [0.1, 0.15) is 98.2 Å². The maximum absolute atomic E-state index is 10.8. The average Bonchev–Trinajstić information content (AvgIpc) is 1.09. The highest BCUT2D eigenvalue weighted by molar-refractivity contribution is 7.00. The molecule has 642 valence electrons. The van der Waals surface area contributed by atoms with Crippen LogP contribution in [0.3, 0.4) is 0 Å². The van der Waals surface area contributed by atoms with E-state index >= 15 is 0 Å². The van der Waals surface area contributed by atoms with Crippen molar-refractivity contribution in [2.75, 3.05) is 9.80 Å². The van der Waals surface area contributed by atoms with Gasteiger partial charge in [-0.1, -0.05) is 378 Å². The van der Waals surface area contributed by atoms with E-state index in [0.717, 1.165) is 166 Å². The lowest BCUT2D eigenvalue weighted by molar-refractivity contribution is 0.590. The second kappa shape index (κ2) is 31.3. The molecule has 135 heavy (non-hydrogen) atoms. The van der Waals surface area contributed by atoms with Gasteiger partial charge in [0, 0.05) is 77.9 Å². The standard InChI is InChI=1S/C130H99BN4/c1-128(2,3)94-74-107(84-40-18-12-19-41-84)126(113(76-94)109-72-92-44-22-24-50-99(92)101-52-26-28-54-103(101)109)134-121-80-97(132-117-58-32-30-56-105(117)111-70-90(60-66-119(111)132)88-48-34-46-86(68-88)82-36-14-10-15-37-82)62-64-115(121)131-116-65-63-98(133-118-59-33-31-57-106(118)112-71-91(61-67-120(112)133)89-49-35-47-87(69-89)83-38-16-11-17-39-83)81-122(116)135(124-79-96(130(7,8)9)78-123(134)125(124)131)127-108(85-42-20-13-21-43-85)75-95(129(4,5)6)77-114(127)110-73-93-45-23-25-51-100(93)102-53-27-29-55-104(102)110/h10-81H,1-9H3/i30D,31D,32D,33D,56D,57D,58D,59D,60D,61D,66D,67D,70D,71D. The summed E-state index contributed by atoms with van der Waals surface area (Å²) < 4.78 is 147. The highest BCUT2D eigenvalue weighted by Crippen LogP contribution is 2.58. The Bertz CT molecular complexity index is 9180. The highest BCUT2D eigenvalue weighted by atomic mass is 15.2. The first kappa shape index (κ1) is 67.2. The molecule has 2 aliphatic rings. The van der Waals surface area contributed by atoms with Crippen LogP contribution in [0.5, 0.6) is 0 Å². The molecule has 0 unspecified atom stereocenters. The van der Waals surface area contributed by atoms with Crippen molar-refractivity contribution in [3.05, 3.63) is 453 Å². The topological polar surface area (TPSA) is 16.3 Å². The van der Waals surface area contributed by atoms with Crippen molar-refractivity contribution < 1.29 is 19.2 Å². The van der Waals surface area contributed by atoms with Crippen molar-refractivity contribution in [1.29, 1.82) is 0 Å². The number of hydrogen-bond donors (Lipinski definition) is 0. The van der Waals surface area contributed by atoms with Crippen LogP contribution in [0, 0.1) is 0 Å². The summed E-state index contributed by atoms with van der Waals surface area (Å²) in [6.07, 6.45) is 0. The Hall–Kier alpha value is -16.1. The molecule has 0 amide bonds. The maximum atomic E-state index is 10.8. The van der Waals surface area contributed by atoms with Crippen molar-refractivity contribution in [2.45, 2.75) is 78.6 Å². The second-order valence-corrected chi connectivity index (χ2v) is 39.2. The Labute approximate surface area is 809 Å². The molecule has 0 radical (unpaired) electrons. The zero-order chi connectivity index (χ0) is 103. The highest BCUT2D eigenvalue weighted by Gasteiger charge is 2.47. The van der Waals surface area contributed by atoms with Crippen molar-refractivity contribution in [2.24, 2.45) is 0 Å². The Morgan fingerprint density at radius 3 is 0.948 bits per heavy atom. The molecule has 0 fully saturated rings. The summed E-state index contributed by atoms with van der Waals surface area (Å²) in [6.45, 7) is 19.4. The summed E-state index contributed by atoms with van der Waals surface area (Å²) in [5.41, 5.74) is 20.7. The lowest BCUT2D eigenvalue weighted by Crippen LogP contribution is -2.61. The Morgan fingerprint density at radius 1 is 0.222 bits per heavy atom. The molecule has 0 saturated heterocycles. The third kappa shape index (κ3) is 13.4. The quantitative estimate of drug-likeness (QED) is 0.0895. The molecule has 5 heteroatoms. The number of fused-ring (bicyclic) bond motifs is 16. The van der Waals surface area contributed by atoms with Crippen LogP contribution < -0.4 is 26.2 Å². The van der Waals surface area contributed by atoms with E-state index in [1.54, 1.807) is 9.13 Å². The van der Waals surface area contributed by atoms with Gasteiger partial charge in [-0.3, -0.25) is 0 Å². The second-order valence-electron chi connectivity index (χ2n) is 39.2. The third-order valence-corrected chi connectivity index (χ3v) is 27.9. The lowest BCUT2D eigenvalue weighted by Gasteiger charge is -2.47. The molecule has 21 aromatic carbocycles. The normalized spacial score (nSPS) is 14.2. The number of benzene rings is 21. The zero-order valence-corrected chi connectivity index (χ0v) is 76.4. The van der Waals surface area contributed by atoms with Gasteiger partial charge in [-0.05, 0) is 280 Å². The average molecular weight is 1740 g/mol. The fourth-order valence-electron chi connectivity index (χ4n) is 21.2. The van der Waals surface area contributed by atoms with Crippen molar-refractivity contribution >= 4 is 144 Å². The Balaban J connectivity index is 0.876. The molecule has 0 spiro atoms. The third-order valence-electron chi connectivity index (χ3n) is 27.9. The molecule has 0 N–H and O–H groups in total. The van der Waals surface area contributed by atoms with E-state index in [4.69, 9.17) is 0 Å². The lowest BCUT2D eigenvalue weighted by atomic mass is 9.33. The minimum Gasteiger partial charge on any atom is -0.310 e. The predicted molar refractivity (Wildman–Crippen MR) is 579 cm³/mol. The van der Waals surface area contributed by atoms with Gasteiger partial charge in [0.25, 0.3) is 6.71 Å². The van der Waals surface area contributed by atoms with Gasteiger partial charge in [-0.2, -0.15) is 0 Å². The first-order valence-corrected chi connectivity index (χ1v) is 46.5. The minimum atomic E-state index is -0.820. The fraction of sp³-hybridized carbons (Fsp3) is 0.0923. The van der Waals surface area contributed by atoms with Crippen LogP contribution in [-0.2, 0) is 16.2 Å². The number of aromatic nitrogens is 2. The van der Waals surface area contributed by atoms with E-state index in [1.807, 2.05) is 133 Å². The van der Waals surface area contributed by atoms with Crippen LogP contribution in [-0.4, -0.2) is 15.8 Å². The molecule has 0 aliphatic carbocycles. The molecule has 2 aliphatic heterocycles. The van der Waals surface area contributed by atoms with Crippen LogP contribution in [0.4, 0.5) is 34.1 Å². The van der Waals surface area contributed by atoms with E-state index in [0.29, 0.717) is 33.9 Å². The number of hydrogen-bond acceptors (Lipinski definition) is 2. The SMILES string of the molecule is [2H]c1c([2H])c([2H])c2c(c1[2H])c1c([2H])c(-c3cccc(-c4ccccc4)c3)c([2H])c([2H])c1n2-c1ccc2c(c1)N(c1c(-c3ccccc3)cc(C(C)(C)C)cc1-c1cc3ccccc3c3ccccc13)c1cc(C(C)(C)C)cc3c1B2c1ccc(-n2c4c([2H])c([2H])c([2H])c([2H])c4c4c([2H])c(-c5cccc(-c6ccccc6)c5)c([2H])c([2H])c42)cc1N3c1c(-c2ccccc2)cc(C(C)(C)C)cc1-c1cc2ccccc2c2ccccc12. The van der Waals surface area contributed by atoms with E-state index in [-0.39, 0.29) is 91.0 Å². The Morgan fingerprint density at radius 2 is 0.548 bits per heavy atom. The first-order valence-electron chi connectivity index (χ1n) is 53.5. The van der Waals surface area contributed by atoms with Crippen molar-refractivity contribution in [1.82, 2.24) is 9.13 Å². The van der Waals surface area contributed by atoms with Gasteiger partial charge in [0.05, 0.1) is 52.6 Å². The molecule has 0 atom stereocenters. The van der Waals surface area contributed by atoms with Gasteiger partial charge in [-0.15, -0.1) is 0 Å². The summed E-state index contributed by atoms with van der Waals surface area (Å²) in [5.74, 6) is 0. The van der Waals surface area contributed by atoms with Crippen molar-refractivity contribution in [3.63, 3.8) is 0 Å². The van der Waals surface area contributed by atoms with Crippen LogP contribution in [0.15, 0.2) is 436 Å². The molecule has 0 bridgehead atoms. The maximum Gasteiger partial charge on any atom is 0.252 e. The summed E-state index contributed by atoms with van der Waals surface area (Å²) in [4.78, 5) is 4.90. The molecule has 23 aromatic rings. The van der Waals surface area contributed by atoms with Gasteiger partial charge in [0.15, 0.2) is 0 Å². The summed E-state index contributed by atoms with van der Waals surface area (Å²) >= 11 is 0. The largest absolute Gasteiger partial charge is 0.310 e. The van der Waals surface area contributed by atoms with E-state index in [2.05, 4.69) is 291 Å². The smallest absolute Gasteiger partial charge is 0.252 e. The summed E-state index contributed by atoms with van der Waals surface area (Å²) in [5, 5.41) is 8.45. The van der Waals surface area contributed by atoms with Crippen LogP contribution in [0.2, 0.25) is 0 Å². The number of rotatable bonds is 12. The molecule has 4 heterocycles. The van der Waals surface area contributed by atoms with Gasteiger partial charge in [-0.25, -0.2) is 0 Å². The van der Waals surface area contributed by atoms with Gasteiger partial charge < -0.3 is 18.9 Å². The van der Waals surface area contributed by atoms with Crippen molar-refractivity contribution in [3.8, 4) is 100 Å². The number of anilines is 6. The van der Waals surface area contributed by atoms with Gasteiger partial charge in [0.2, 0.25) is 0 Å². The van der Waals surface area contributed by atoms with Gasteiger partial charge in [0.1, 0.15) is 0 Å². The molecular formula is C130H99BN4. The van der Waals surface area contributed by atoms with E-state index in [1.165, 1.54) is 0 Å². The number of para-hydroxylation sites is 2. The molecule has 0 saturated carbocycles. The van der Waals surface area contributed by atoms with Gasteiger partial charge >= 0.3 is 0 Å². The van der Waals surface area contributed by atoms with Crippen LogP contribution >= 0.6 is 0 Å². The minimum absolute atomic E-state index is 0.00706. The summed E-state index contributed by atoms with van der Waals surface area (Å²) in [7, 11) is 0. The fourth-order valence-corrected chi connectivity index (χ4v) is 21.2. The van der Waals surface area contributed by atoms with E-state index in [9.17, 15) is 19.2 Å². The monoisotopic (exact) mass is 1740 g/mol. The molecule has 25 rings (SSSR count). The molecular weight excluding hydrogens is 1630 g/mol. The predicted octanol–water partition coefficient (Wildman–Crippen LogP) is 33.8.